The fourth-order valence-electron chi connectivity index (χ4n) is 1.72. The van der Waals surface area contributed by atoms with Gasteiger partial charge in [0, 0.05) is 32.1 Å². The maximum Gasteiger partial charge on any atom is 0.134 e. The lowest BCUT2D eigenvalue weighted by molar-refractivity contribution is 0.945. The van der Waals surface area contributed by atoms with Crippen molar-refractivity contribution in [2.45, 2.75) is 13.5 Å². The molecule has 20 heavy (non-hydrogen) atoms. The smallest absolute Gasteiger partial charge is 0.134 e. The SMILES string of the molecule is Cc1nc(NCc2ccncc2)cc(N(C)CC#N)n1. The molecule has 6 nitrogen and oxygen atoms in total. The molecule has 0 amide bonds. The third-order valence-electron chi connectivity index (χ3n) is 2.75. The van der Waals surface area contributed by atoms with E-state index in [-0.39, 0.29) is 0 Å². The third-order valence-corrected chi connectivity index (χ3v) is 2.75. The molecule has 0 spiro atoms. The van der Waals surface area contributed by atoms with Crippen LogP contribution in [0.4, 0.5) is 11.6 Å². The minimum absolute atomic E-state index is 0.292. The van der Waals surface area contributed by atoms with Crippen LogP contribution in [0.15, 0.2) is 30.6 Å². The molecule has 0 bridgehead atoms. The fraction of sp³-hybridized carbons (Fsp3) is 0.286. The number of anilines is 2. The summed E-state index contributed by atoms with van der Waals surface area (Å²) in [6.07, 6.45) is 3.52. The van der Waals surface area contributed by atoms with Gasteiger partial charge in [0.1, 0.15) is 24.0 Å². The first-order valence-corrected chi connectivity index (χ1v) is 6.25. The highest BCUT2D eigenvalue weighted by atomic mass is 15.2. The van der Waals surface area contributed by atoms with E-state index in [1.807, 2.05) is 32.2 Å². The Balaban J connectivity index is 2.10. The minimum Gasteiger partial charge on any atom is -0.366 e. The monoisotopic (exact) mass is 268 g/mol. The van der Waals surface area contributed by atoms with Crippen LogP contribution < -0.4 is 10.2 Å². The molecule has 2 rings (SSSR count). The molecule has 1 N–H and O–H groups in total. The van der Waals surface area contributed by atoms with Gasteiger partial charge in [0.15, 0.2) is 0 Å². The normalized spacial score (nSPS) is 9.85. The molecule has 2 aromatic rings. The molecule has 102 valence electrons. The van der Waals surface area contributed by atoms with E-state index >= 15 is 0 Å². The number of nitrogens with one attached hydrogen (secondary N) is 1. The van der Waals surface area contributed by atoms with Crippen LogP contribution in [0.25, 0.3) is 0 Å². The van der Waals surface area contributed by atoms with Crippen molar-refractivity contribution in [3.63, 3.8) is 0 Å². The Labute approximate surface area is 118 Å². The molecule has 0 atom stereocenters. The van der Waals surface area contributed by atoms with Crippen molar-refractivity contribution in [1.29, 1.82) is 5.26 Å². The van der Waals surface area contributed by atoms with E-state index in [1.54, 1.807) is 17.3 Å². The zero-order valence-corrected chi connectivity index (χ0v) is 11.5. The Bertz CT molecular complexity index is 605. The van der Waals surface area contributed by atoms with Gasteiger partial charge in [-0.2, -0.15) is 5.26 Å². The van der Waals surface area contributed by atoms with Crippen LogP contribution >= 0.6 is 0 Å². The van der Waals surface area contributed by atoms with Crippen molar-refractivity contribution in [2.24, 2.45) is 0 Å². The van der Waals surface area contributed by atoms with Gasteiger partial charge in [-0.05, 0) is 24.6 Å². The van der Waals surface area contributed by atoms with Gasteiger partial charge in [0.05, 0.1) is 6.07 Å². The molecule has 2 heterocycles. The molecule has 0 saturated carbocycles. The summed E-state index contributed by atoms with van der Waals surface area (Å²) >= 11 is 0. The van der Waals surface area contributed by atoms with Gasteiger partial charge in [-0.25, -0.2) is 9.97 Å². The standard InChI is InChI=1S/C14H16N6/c1-11-18-13(9-14(19-11)20(2)8-5-15)17-10-12-3-6-16-7-4-12/h3-4,6-7,9H,8,10H2,1-2H3,(H,17,18,19). The molecule has 2 aromatic heterocycles. The molecule has 6 heteroatoms. The van der Waals surface area contributed by atoms with Crippen molar-refractivity contribution in [1.82, 2.24) is 15.0 Å². The topological polar surface area (TPSA) is 77.7 Å². The number of hydrogen-bond acceptors (Lipinski definition) is 6. The second kappa shape index (κ2) is 6.48. The van der Waals surface area contributed by atoms with Crippen LogP contribution in [0.3, 0.4) is 0 Å². The van der Waals surface area contributed by atoms with Crippen molar-refractivity contribution in [3.05, 3.63) is 42.0 Å². The van der Waals surface area contributed by atoms with E-state index in [4.69, 9.17) is 5.26 Å². The largest absolute Gasteiger partial charge is 0.366 e. The quantitative estimate of drug-likeness (QED) is 0.832. The Kier molecular flexibility index (Phi) is 4.45. The Morgan fingerprint density at radius 2 is 2.05 bits per heavy atom. The highest BCUT2D eigenvalue weighted by Gasteiger charge is 2.06. The second-order valence-corrected chi connectivity index (χ2v) is 4.38. The van der Waals surface area contributed by atoms with Crippen LogP contribution in [-0.4, -0.2) is 28.5 Å². The first kappa shape index (κ1) is 13.7. The van der Waals surface area contributed by atoms with Crippen molar-refractivity contribution < 1.29 is 0 Å². The summed E-state index contributed by atoms with van der Waals surface area (Å²) in [5.41, 5.74) is 1.13. The van der Waals surface area contributed by atoms with E-state index in [2.05, 4.69) is 26.3 Å². The Morgan fingerprint density at radius 3 is 2.75 bits per heavy atom. The average molecular weight is 268 g/mol. The molecule has 0 radical (unpaired) electrons. The van der Waals surface area contributed by atoms with Crippen molar-refractivity contribution in [2.75, 3.05) is 23.8 Å². The molecule has 0 aliphatic carbocycles. The fourth-order valence-corrected chi connectivity index (χ4v) is 1.72. The molecule has 0 aromatic carbocycles. The number of pyridine rings is 1. The van der Waals surface area contributed by atoms with E-state index in [9.17, 15) is 0 Å². The summed E-state index contributed by atoms with van der Waals surface area (Å²) in [6.45, 7) is 2.79. The number of hydrogen-bond donors (Lipinski definition) is 1. The number of rotatable bonds is 5. The lowest BCUT2D eigenvalue weighted by Gasteiger charge is -2.16. The number of aromatic nitrogens is 3. The average Bonchev–Trinajstić information content (AvgIpc) is 2.46. The van der Waals surface area contributed by atoms with Gasteiger partial charge in [0.25, 0.3) is 0 Å². The summed E-state index contributed by atoms with van der Waals surface area (Å²) in [6, 6.07) is 7.84. The van der Waals surface area contributed by atoms with Crippen LogP contribution in [-0.2, 0) is 6.54 Å². The zero-order chi connectivity index (χ0) is 14.4. The first-order valence-electron chi connectivity index (χ1n) is 6.25. The van der Waals surface area contributed by atoms with E-state index in [0.29, 0.717) is 18.9 Å². The van der Waals surface area contributed by atoms with Gasteiger partial charge in [-0.1, -0.05) is 0 Å². The minimum atomic E-state index is 0.292. The first-order chi connectivity index (χ1) is 9.69. The Morgan fingerprint density at radius 1 is 1.30 bits per heavy atom. The van der Waals surface area contributed by atoms with Gasteiger partial charge < -0.3 is 10.2 Å². The predicted octanol–water partition coefficient (Wildman–Crippen LogP) is 1.75. The molecule has 0 aliphatic heterocycles. The highest BCUT2D eigenvalue weighted by molar-refractivity contribution is 5.49. The van der Waals surface area contributed by atoms with E-state index < -0.39 is 0 Å². The van der Waals surface area contributed by atoms with Crippen molar-refractivity contribution >= 4 is 11.6 Å². The summed E-state index contributed by atoms with van der Waals surface area (Å²) in [4.78, 5) is 14.4. The molecule has 0 unspecified atom stereocenters. The van der Waals surface area contributed by atoms with Gasteiger partial charge in [-0.15, -0.1) is 0 Å². The lowest BCUT2D eigenvalue weighted by atomic mass is 10.3. The van der Waals surface area contributed by atoms with E-state index in [1.165, 1.54) is 0 Å². The molecular weight excluding hydrogens is 252 g/mol. The van der Waals surface area contributed by atoms with Gasteiger partial charge in [0.2, 0.25) is 0 Å². The van der Waals surface area contributed by atoms with Gasteiger partial charge in [-0.3, -0.25) is 4.98 Å². The third kappa shape index (κ3) is 3.65. The summed E-state index contributed by atoms with van der Waals surface area (Å²) < 4.78 is 0. The Hall–Kier alpha value is -2.68. The van der Waals surface area contributed by atoms with Gasteiger partial charge >= 0.3 is 0 Å². The van der Waals surface area contributed by atoms with Crippen LogP contribution in [0.1, 0.15) is 11.4 Å². The molecule has 0 saturated heterocycles. The number of nitriles is 1. The maximum absolute atomic E-state index is 8.73. The van der Waals surface area contributed by atoms with E-state index in [0.717, 1.165) is 17.2 Å². The lowest BCUT2D eigenvalue weighted by Crippen LogP contribution is -2.19. The van der Waals surface area contributed by atoms with Crippen LogP contribution in [0, 0.1) is 18.3 Å². The number of nitrogens with zero attached hydrogens (tertiary/aromatic N) is 5. The zero-order valence-electron chi connectivity index (χ0n) is 11.5. The van der Waals surface area contributed by atoms with Crippen LogP contribution in [0.2, 0.25) is 0 Å². The summed E-state index contributed by atoms with van der Waals surface area (Å²) in [5, 5.41) is 12.0. The highest BCUT2D eigenvalue weighted by Crippen LogP contribution is 2.15. The number of aryl methyl sites for hydroxylation is 1. The molecule has 0 fully saturated rings. The van der Waals surface area contributed by atoms with Crippen LogP contribution in [0.5, 0.6) is 0 Å². The summed E-state index contributed by atoms with van der Waals surface area (Å²) in [7, 11) is 1.83. The molecule has 0 aliphatic rings. The maximum atomic E-state index is 8.73. The summed E-state index contributed by atoms with van der Waals surface area (Å²) in [5.74, 6) is 2.15. The second-order valence-electron chi connectivity index (χ2n) is 4.38. The van der Waals surface area contributed by atoms with Crippen molar-refractivity contribution in [3.8, 4) is 6.07 Å². The molecular formula is C14H16N6. The predicted molar refractivity (Wildman–Crippen MR) is 77.2 cm³/mol.